The van der Waals surface area contributed by atoms with Gasteiger partial charge in [0.05, 0.1) is 16.8 Å². The lowest BCUT2D eigenvalue weighted by atomic mass is 10.0. The first-order valence-corrected chi connectivity index (χ1v) is 11.7. The van der Waals surface area contributed by atoms with Crippen LogP contribution in [0.25, 0.3) is 5.69 Å². The number of hydrogen-bond acceptors (Lipinski definition) is 3. The second-order valence-electron chi connectivity index (χ2n) is 8.13. The molecule has 2 atom stereocenters. The summed E-state index contributed by atoms with van der Waals surface area (Å²) in [4.78, 5) is 18.0. The van der Waals surface area contributed by atoms with E-state index in [0.29, 0.717) is 10.8 Å². The number of benzene rings is 2. The van der Waals surface area contributed by atoms with E-state index in [1.165, 1.54) is 13.0 Å². The Balaban J connectivity index is 1.62. The SMILES string of the molecule is CC(=O)Nc1ccc(N2C(=S)N[C@@H](c3ccccn3)[C@H]2c2cccn2-c2ccc(F)c(Cl)c2)cc1. The molecule has 0 aliphatic carbocycles. The van der Waals surface area contributed by atoms with E-state index in [4.69, 9.17) is 23.8 Å². The van der Waals surface area contributed by atoms with Crippen molar-refractivity contribution in [2.45, 2.75) is 19.0 Å². The smallest absolute Gasteiger partial charge is 0.221 e. The number of amides is 1. The molecule has 3 heterocycles. The molecular formula is C26H21ClFN5OS. The molecule has 0 unspecified atom stereocenters. The lowest BCUT2D eigenvalue weighted by molar-refractivity contribution is -0.114. The monoisotopic (exact) mass is 505 g/mol. The van der Waals surface area contributed by atoms with Gasteiger partial charge in [0, 0.05) is 42.1 Å². The fraction of sp³-hybridized carbons (Fsp3) is 0.115. The van der Waals surface area contributed by atoms with Gasteiger partial charge >= 0.3 is 0 Å². The Hall–Kier alpha value is -3.75. The van der Waals surface area contributed by atoms with Crippen molar-refractivity contribution in [3.8, 4) is 5.69 Å². The summed E-state index contributed by atoms with van der Waals surface area (Å²) in [5.74, 6) is -0.611. The van der Waals surface area contributed by atoms with Crippen molar-refractivity contribution in [1.29, 1.82) is 0 Å². The zero-order valence-corrected chi connectivity index (χ0v) is 20.2. The van der Waals surface area contributed by atoms with Crippen LogP contribution in [0, 0.1) is 5.82 Å². The van der Waals surface area contributed by atoms with E-state index in [-0.39, 0.29) is 23.0 Å². The molecular weight excluding hydrogens is 485 g/mol. The average Bonchev–Trinajstić information content (AvgIpc) is 3.46. The van der Waals surface area contributed by atoms with Gasteiger partial charge in [-0.1, -0.05) is 17.7 Å². The predicted octanol–water partition coefficient (Wildman–Crippen LogP) is 5.80. The van der Waals surface area contributed by atoms with Gasteiger partial charge in [0.15, 0.2) is 5.11 Å². The molecule has 0 bridgehead atoms. The molecule has 6 nitrogen and oxygen atoms in total. The average molecular weight is 506 g/mol. The summed E-state index contributed by atoms with van der Waals surface area (Å²) in [5.41, 5.74) is 4.03. The van der Waals surface area contributed by atoms with Crippen LogP contribution in [-0.4, -0.2) is 20.6 Å². The summed E-state index contributed by atoms with van der Waals surface area (Å²) in [6.07, 6.45) is 3.66. The Morgan fingerprint density at radius 1 is 1.09 bits per heavy atom. The molecule has 5 rings (SSSR count). The second kappa shape index (κ2) is 9.48. The number of rotatable bonds is 5. The molecule has 2 aromatic heterocycles. The lowest BCUT2D eigenvalue weighted by Gasteiger charge is -2.29. The first-order valence-electron chi connectivity index (χ1n) is 10.9. The van der Waals surface area contributed by atoms with Crippen LogP contribution < -0.4 is 15.5 Å². The van der Waals surface area contributed by atoms with Crippen molar-refractivity contribution in [1.82, 2.24) is 14.9 Å². The van der Waals surface area contributed by atoms with Crippen molar-refractivity contribution < 1.29 is 9.18 Å². The normalized spacial score (nSPS) is 17.3. The van der Waals surface area contributed by atoms with Gasteiger partial charge in [-0.3, -0.25) is 9.78 Å². The Bertz CT molecular complexity index is 1390. The lowest BCUT2D eigenvalue weighted by Crippen LogP contribution is -2.30. The van der Waals surface area contributed by atoms with Crippen LogP contribution in [-0.2, 0) is 4.79 Å². The molecule has 1 amide bonds. The van der Waals surface area contributed by atoms with Crippen molar-refractivity contribution in [2.75, 3.05) is 10.2 Å². The molecule has 0 radical (unpaired) electrons. The Morgan fingerprint density at radius 3 is 2.54 bits per heavy atom. The van der Waals surface area contributed by atoms with E-state index >= 15 is 0 Å². The predicted molar refractivity (Wildman–Crippen MR) is 139 cm³/mol. The van der Waals surface area contributed by atoms with Crippen LogP contribution in [0.2, 0.25) is 5.02 Å². The van der Waals surface area contributed by atoms with Crippen molar-refractivity contribution in [3.05, 3.63) is 107 Å². The van der Waals surface area contributed by atoms with Crippen molar-refractivity contribution in [3.63, 3.8) is 0 Å². The fourth-order valence-electron chi connectivity index (χ4n) is 4.35. The molecule has 4 aromatic rings. The molecule has 176 valence electrons. The highest BCUT2D eigenvalue weighted by Crippen LogP contribution is 2.42. The Kier molecular flexibility index (Phi) is 6.23. The summed E-state index contributed by atoms with van der Waals surface area (Å²) < 4.78 is 15.8. The minimum absolute atomic E-state index is 0.0499. The third-order valence-corrected chi connectivity index (χ3v) is 6.43. The van der Waals surface area contributed by atoms with E-state index in [2.05, 4.69) is 15.6 Å². The Labute approximate surface area is 212 Å². The van der Waals surface area contributed by atoms with Crippen LogP contribution in [0.5, 0.6) is 0 Å². The van der Waals surface area contributed by atoms with E-state index in [1.54, 1.807) is 18.3 Å². The number of thiocarbonyl (C=S) groups is 1. The number of anilines is 2. The quantitative estimate of drug-likeness (QED) is 0.336. The first kappa shape index (κ1) is 23.0. The van der Waals surface area contributed by atoms with Gasteiger partial charge in [-0.2, -0.15) is 0 Å². The van der Waals surface area contributed by atoms with Crippen molar-refractivity contribution >= 4 is 46.2 Å². The molecule has 9 heteroatoms. The topological polar surface area (TPSA) is 62.2 Å². The number of halogens is 2. The highest BCUT2D eigenvalue weighted by molar-refractivity contribution is 7.80. The summed E-state index contributed by atoms with van der Waals surface area (Å²) in [7, 11) is 0. The van der Waals surface area contributed by atoms with Crippen LogP contribution in [0.15, 0.2) is 85.2 Å². The number of carbonyl (C=O) groups is 1. The molecule has 0 saturated carbocycles. The molecule has 1 fully saturated rings. The number of pyridine rings is 1. The highest BCUT2D eigenvalue weighted by Gasteiger charge is 2.42. The van der Waals surface area contributed by atoms with Gasteiger partial charge in [-0.15, -0.1) is 0 Å². The molecule has 35 heavy (non-hydrogen) atoms. The molecule has 1 aliphatic rings. The number of nitrogens with one attached hydrogen (secondary N) is 2. The number of carbonyl (C=O) groups excluding carboxylic acids is 1. The van der Waals surface area contributed by atoms with E-state index in [1.807, 2.05) is 70.3 Å². The van der Waals surface area contributed by atoms with E-state index in [0.717, 1.165) is 22.8 Å². The third-order valence-electron chi connectivity index (χ3n) is 5.83. The second-order valence-corrected chi connectivity index (χ2v) is 8.92. The summed E-state index contributed by atoms with van der Waals surface area (Å²) >= 11 is 11.9. The minimum atomic E-state index is -0.472. The number of aromatic nitrogens is 2. The molecule has 2 aromatic carbocycles. The van der Waals surface area contributed by atoms with Crippen LogP contribution in [0.4, 0.5) is 15.8 Å². The van der Waals surface area contributed by atoms with Gasteiger partial charge in [-0.25, -0.2) is 4.39 Å². The largest absolute Gasteiger partial charge is 0.351 e. The standard InChI is InChI=1S/C26H21ClFN5OS/c1-16(34)30-17-7-9-18(10-8-17)33-25(24(31-26(33)35)22-5-2-3-13-29-22)23-6-4-14-32(23)19-11-12-21(28)20(27)15-19/h2-15,24-25H,1H3,(H,30,34)(H,31,35)/t24-,25+/m0/s1. The summed E-state index contributed by atoms with van der Waals surface area (Å²) in [5, 5.41) is 6.81. The van der Waals surface area contributed by atoms with E-state index < -0.39 is 5.82 Å². The van der Waals surface area contributed by atoms with Crippen LogP contribution in [0.1, 0.15) is 30.4 Å². The van der Waals surface area contributed by atoms with Gasteiger partial charge in [0.1, 0.15) is 11.9 Å². The molecule has 1 aliphatic heterocycles. The van der Waals surface area contributed by atoms with Crippen LogP contribution in [0.3, 0.4) is 0 Å². The summed E-state index contributed by atoms with van der Waals surface area (Å²) in [6, 6.07) is 21.3. The third kappa shape index (κ3) is 4.50. The van der Waals surface area contributed by atoms with Gasteiger partial charge in [-0.05, 0) is 78.9 Å². The zero-order chi connectivity index (χ0) is 24.5. The molecule has 2 N–H and O–H groups in total. The van der Waals surface area contributed by atoms with Crippen LogP contribution >= 0.6 is 23.8 Å². The van der Waals surface area contributed by atoms with Crippen molar-refractivity contribution in [2.24, 2.45) is 0 Å². The number of hydrogen-bond donors (Lipinski definition) is 2. The fourth-order valence-corrected chi connectivity index (χ4v) is 4.87. The maximum Gasteiger partial charge on any atom is 0.221 e. The minimum Gasteiger partial charge on any atom is -0.351 e. The first-order chi connectivity index (χ1) is 16.9. The van der Waals surface area contributed by atoms with Gasteiger partial charge < -0.3 is 20.1 Å². The summed E-state index contributed by atoms with van der Waals surface area (Å²) in [6.45, 7) is 1.47. The van der Waals surface area contributed by atoms with E-state index in [9.17, 15) is 9.18 Å². The maximum absolute atomic E-state index is 13.9. The molecule has 1 saturated heterocycles. The number of nitrogens with zero attached hydrogens (tertiary/aromatic N) is 3. The highest BCUT2D eigenvalue weighted by atomic mass is 35.5. The maximum atomic E-state index is 13.9. The van der Waals surface area contributed by atoms with Gasteiger partial charge in [0.25, 0.3) is 0 Å². The zero-order valence-electron chi connectivity index (χ0n) is 18.7. The molecule has 0 spiro atoms. The van der Waals surface area contributed by atoms with Gasteiger partial charge in [0.2, 0.25) is 5.91 Å². The Morgan fingerprint density at radius 2 is 1.86 bits per heavy atom.